The second-order valence-electron chi connectivity index (χ2n) is 8.35. The third kappa shape index (κ3) is 33.2. The topological polar surface area (TPSA) is 102 Å². The van der Waals surface area contributed by atoms with Crippen LogP contribution in [0.25, 0.3) is 0 Å². The van der Waals surface area contributed by atoms with E-state index in [0.717, 1.165) is 44.9 Å². The summed E-state index contributed by atoms with van der Waals surface area (Å²) in [5.74, 6) is -0.152. The van der Waals surface area contributed by atoms with E-state index in [1.54, 1.807) is 0 Å². The summed E-state index contributed by atoms with van der Waals surface area (Å²) in [7, 11) is 0. The molecule has 0 aromatic carbocycles. The Morgan fingerprint density at radius 3 is 1.08 bits per heavy atom. The van der Waals surface area contributed by atoms with Gasteiger partial charge in [0.25, 0.3) is 0 Å². The molecule has 1 unspecified atom stereocenters. The molecular weight excluding hydrogens is 480 g/mol. The summed E-state index contributed by atoms with van der Waals surface area (Å²) in [4.78, 5) is 11.5. The molecule has 0 heterocycles. The Balaban J connectivity index is -0.00000578. The molecule has 37 heavy (non-hydrogen) atoms. The predicted octanol–water partition coefficient (Wildman–Crippen LogP) is 4.67. The molecule has 0 aliphatic heterocycles. The summed E-state index contributed by atoms with van der Waals surface area (Å²) in [6, 6.07) is 0. The third-order valence-corrected chi connectivity index (χ3v) is 5.03. The van der Waals surface area contributed by atoms with Gasteiger partial charge in [-0.2, -0.15) is 0 Å². The molecule has 9 nitrogen and oxygen atoms in total. The van der Waals surface area contributed by atoms with Crippen molar-refractivity contribution in [3.8, 4) is 0 Å². The van der Waals surface area contributed by atoms with Crippen molar-refractivity contribution in [3.05, 3.63) is 0 Å². The van der Waals surface area contributed by atoms with E-state index < -0.39 is 0 Å². The van der Waals surface area contributed by atoms with Crippen LogP contribution < -0.4 is 0 Å². The van der Waals surface area contributed by atoms with Crippen LogP contribution >= 0.6 is 0 Å². The van der Waals surface area contributed by atoms with Gasteiger partial charge in [-0.25, -0.2) is 0 Å². The quantitative estimate of drug-likeness (QED) is 0.107. The van der Waals surface area contributed by atoms with E-state index in [1.165, 1.54) is 0 Å². The van der Waals surface area contributed by atoms with E-state index in [2.05, 4.69) is 0 Å². The Hall–Kier alpha value is -0.810. The molecule has 0 amide bonds. The summed E-state index contributed by atoms with van der Waals surface area (Å²) >= 11 is 0. The highest BCUT2D eigenvalue weighted by atomic mass is 16.5. The average Bonchev–Trinajstić information content (AvgIpc) is 2.87. The Morgan fingerprint density at radius 1 is 0.541 bits per heavy atom. The molecule has 0 fully saturated rings. The lowest BCUT2D eigenvalue weighted by Crippen LogP contribution is -2.15. The van der Waals surface area contributed by atoms with E-state index in [1.807, 2.05) is 13.8 Å². The highest BCUT2D eigenvalue weighted by Crippen LogP contribution is 2.03. The van der Waals surface area contributed by atoms with Crippen LogP contribution in [0.2, 0.25) is 0 Å². The molecule has 1 N–H and O–H groups in total. The van der Waals surface area contributed by atoms with E-state index in [9.17, 15) is 4.79 Å². The van der Waals surface area contributed by atoms with Gasteiger partial charge in [0.05, 0.1) is 12.5 Å². The molecule has 9 heteroatoms. The van der Waals surface area contributed by atoms with Crippen LogP contribution in [0.3, 0.4) is 0 Å². The summed E-state index contributed by atoms with van der Waals surface area (Å²) in [6.45, 7) is 12.6. The number of aliphatic hydroxyl groups excluding tert-OH is 1. The van der Waals surface area contributed by atoms with Gasteiger partial charge in [0.2, 0.25) is 0 Å². The smallest absolute Gasteiger partial charge is 0.308 e. The van der Waals surface area contributed by atoms with Gasteiger partial charge in [0, 0.05) is 92.3 Å². The zero-order valence-corrected chi connectivity index (χ0v) is 22.3. The Labute approximate surface area is 227 Å². The summed E-state index contributed by atoms with van der Waals surface area (Å²) < 4.78 is 38.3. The van der Waals surface area contributed by atoms with Crippen molar-refractivity contribution >= 4 is 5.97 Å². The highest BCUT2D eigenvalue weighted by Gasteiger charge is 2.10. The maximum atomic E-state index is 11.5. The maximum absolute atomic E-state index is 11.5. The van der Waals surface area contributed by atoms with Crippen molar-refractivity contribution in [2.75, 3.05) is 92.5 Å². The molecule has 0 aliphatic rings. The first-order valence-corrected chi connectivity index (χ1v) is 13.5. The standard InChI is InChI=1S/C26H52O9.2CH4/c1-3-25(2)26(28)35-24-10-23-34-22-9-21-33-20-8-19-32-18-7-17-31-16-6-15-30-14-5-13-29-12-4-11-27;;/h25,27H,3-24H2,1-2H3;2*1H4. The van der Waals surface area contributed by atoms with Crippen LogP contribution in [0.1, 0.15) is 80.1 Å². The third-order valence-electron chi connectivity index (χ3n) is 5.03. The van der Waals surface area contributed by atoms with Crippen LogP contribution in [0, 0.1) is 5.92 Å². The molecule has 0 saturated heterocycles. The lowest BCUT2D eigenvalue weighted by atomic mass is 10.1. The van der Waals surface area contributed by atoms with E-state index in [4.69, 9.17) is 38.3 Å². The molecule has 0 bridgehead atoms. The molecule has 0 radical (unpaired) electrons. The van der Waals surface area contributed by atoms with Crippen LogP contribution in [-0.4, -0.2) is 104 Å². The van der Waals surface area contributed by atoms with Gasteiger partial charge in [-0.3, -0.25) is 4.79 Å². The monoisotopic (exact) mass is 540 g/mol. The summed E-state index contributed by atoms with van der Waals surface area (Å²) in [5, 5.41) is 8.64. The fourth-order valence-electron chi connectivity index (χ4n) is 2.74. The molecule has 0 saturated carbocycles. The zero-order chi connectivity index (χ0) is 25.7. The normalized spacial score (nSPS) is 11.5. The van der Waals surface area contributed by atoms with Crippen molar-refractivity contribution in [1.82, 2.24) is 0 Å². The second kappa shape index (κ2) is 35.2. The Bertz CT molecular complexity index is 424. The Morgan fingerprint density at radius 2 is 0.811 bits per heavy atom. The van der Waals surface area contributed by atoms with E-state index in [0.29, 0.717) is 92.3 Å². The van der Waals surface area contributed by atoms with Gasteiger partial charge in [-0.1, -0.05) is 28.7 Å². The summed E-state index contributed by atoms with van der Waals surface area (Å²) in [5.41, 5.74) is 0. The minimum Gasteiger partial charge on any atom is -0.465 e. The fourth-order valence-corrected chi connectivity index (χ4v) is 2.74. The van der Waals surface area contributed by atoms with Gasteiger partial charge < -0.3 is 38.3 Å². The lowest BCUT2D eigenvalue weighted by Gasteiger charge is -2.09. The Kier molecular flexibility index (Phi) is 38.7. The van der Waals surface area contributed by atoms with Gasteiger partial charge in [-0.05, 0) is 44.9 Å². The number of hydrogen-bond donors (Lipinski definition) is 1. The lowest BCUT2D eigenvalue weighted by molar-refractivity contribution is -0.148. The molecule has 0 aliphatic carbocycles. The second-order valence-corrected chi connectivity index (χ2v) is 8.35. The van der Waals surface area contributed by atoms with E-state index in [-0.39, 0.29) is 33.3 Å². The number of hydrogen-bond acceptors (Lipinski definition) is 9. The number of esters is 1. The van der Waals surface area contributed by atoms with Crippen LogP contribution in [0.5, 0.6) is 0 Å². The number of ether oxygens (including phenoxy) is 7. The van der Waals surface area contributed by atoms with Gasteiger partial charge in [0.1, 0.15) is 0 Å². The molecular formula is C28H60O9. The average molecular weight is 541 g/mol. The SMILES string of the molecule is C.C.CCC(C)C(=O)OCCCOCCCOCCCOCCCOCCCOCCCOCCCO. The number of rotatable bonds is 29. The van der Waals surface area contributed by atoms with Crippen molar-refractivity contribution in [2.45, 2.75) is 80.1 Å². The molecule has 1 atom stereocenters. The molecule has 0 aromatic heterocycles. The van der Waals surface area contributed by atoms with Gasteiger partial charge in [0.15, 0.2) is 0 Å². The summed E-state index contributed by atoms with van der Waals surface area (Å²) in [6.07, 6.45) is 6.62. The first-order chi connectivity index (χ1) is 17.2. The first-order valence-electron chi connectivity index (χ1n) is 13.5. The van der Waals surface area contributed by atoms with Gasteiger partial charge >= 0.3 is 5.97 Å². The predicted molar refractivity (Wildman–Crippen MR) is 148 cm³/mol. The van der Waals surface area contributed by atoms with Crippen molar-refractivity contribution < 1.29 is 43.1 Å². The van der Waals surface area contributed by atoms with E-state index >= 15 is 0 Å². The van der Waals surface area contributed by atoms with Crippen molar-refractivity contribution in [1.29, 1.82) is 0 Å². The molecule has 226 valence electrons. The van der Waals surface area contributed by atoms with Gasteiger partial charge in [-0.15, -0.1) is 0 Å². The minimum absolute atomic E-state index is 0. The molecule has 0 rings (SSSR count). The molecule has 0 aromatic rings. The number of carbonyl (C=O) groups excluding carboxylic acids is 1. The minimum atomic E-state index is -0.125. The van der Waals surface area contributed by atoms with Crippen molar-refractivity contribution in [3.63, 3.8) is 0 Å². The van der Waals surface area contributed by atoms with Crippen LogP contribution in [0.15, 0.2) is 0 Å². The maximum Gasteiger partial charge on any atom is 0.308 e. The van der Waals surface area contributed by atoms with Crippen LogP contribution in [0.4, 0.5) is 0 Å². The zero-order valence-electron chi connectivity index (χ0n) is 22.3. The molecule has 0 spiro atoms. The highest BCUT2D eigenvalue weighted by molar-refractivity contribution is 5.71. The number of carbonyl (C=O) groups is 1. The van der Waals surface area contributed by atoms with Crippen LogP contribution in [-0.2, 0) is 38.0 Å². The number of aliphatic hydroxyl groups is 1. The first kappa shape index (κ1) is 40.7. The fraction of sp³-hybridized carbons (Fsp3) is 0.964. The van der Waals surface area contributed by atoms with Crippen molar-refractivity contribution in [2.24, 2.45) is 5.92 Å². The largest absolute Gasteiger partial charge is 0.465 e.